The van der Waals surface area contributed by atoms with Crippen LogP contribution in [0.2, 0.25) is 0 Å². The van der Waals surface area contributed by atoms with E-state index in [1.807, 2.05) is 0 Å². The largest absolute Gasteiger partial charge is 0.394 e. The SMILES string of the molecule is CCC1OC(OC2C(OC3C(CO)OC(O)C(O)C3O)OC(CO)C(O)C2OC2OC(CO)C(O)C(O)C2NC(C)=O)C(O)C(O)C1O. The van der Waals surface area contributed by atoms with Gasteiger partial charge in [0.05, 0.1) is 25.9 Å². The lowest BCUT2D eigenvalue weighted by Gasteiger charge is -2.50. The van der Waals surface area contributed by atoms with Crippen molar-refractivity contribution < 1.29 is 99.2 Å². The Morgan fingerprint density at radius 2 is 1.06 bits per heavy atom. The Balaban J connectivity index is 1.74. The number of nitrogens with one attached hydrogen (secondary N) is 1. The van der Waals surface area contributed by atoms with Crippen molar-refractivity contribution in [3.8, 4) is 0 Å². The third kappa shape index (κ3) is 8.10. The Hall–Kier alpha value is -1.29. The Kier molecular flexibility index (Phi) is 13.8. The molecule has 4 heterocycles. The second-order valence-corrected chi connectivity index (χ2v) is 12.1. The first kappa shape index (κ1) is 39.5. The van der Waals surface area contributed by atoms with E-state index in [9.17, 15) is 66.1 Å². The van der Waals surface area contributed by atoms with Gasteiger partial charge in [0.1, 0.15) is 91.5 Å². The highest BCUT2D eigenvalue weighted by Crippen LogP contribution is 2.36. The van der Waals surface area contributed by atoms with Gasteiger partial charge in [-0.1, -0.05) is 6.92 Å². The smallest absolute Gasteiger partial charge is 0.217 e. The maximum atomic E-state index is 12.0. The van der Waals surface area contributed by atoms with Crippen molar-refractivity contribution in [3.63, 3.8) is 0 Å². The third-order valence-corrected chi connectivity index (χ3v) is 8.83. The molecule has 0 aromatic carbocycles. The van der Waals surface area contributed by atoms with Gasteiger partial charge in [-0.25, -0.2) is 0 Å². The fraction of sp³-hybridized carbons (Fsp3) is 0.963. The Labute approximate surface area is 273 Å². The molecule has 4 saturated heterocycles. The Morgan fingerprint density at radius 3 is 1.65 bits per heavy atom. The molecule has 1 amide bonds. The van der Waals surface area contributed by atoms with Gasteiger partial charge < -0.3 is 99.8 Å². The van der Waals surface area contributed by atoms with Gasteiger partial charge in [0.15, 0.2) is 25.2 Å². The second kappa shape index (κ2) is 16.8. The van der Waals surface area contributed by atoms with Gasteiger partial charge in [0, 0.05) is 6.92 Å². The van der Waals surface area contributed by atoms with Crippen molar-refractivity contribution in [2.24, 2.45) is 0 Å². The van der Waals surface area contributed by atoms with E-state index in [4.69, 9.17) is 33.2 Å². The summed E-state index contributed by atoms with van der Waals surface area (Å²) in [6.45, 7) is 0.0877. The summed E-state index contributed by atoms with van der Waals surface area (Å²) in [4.78, 5) is 12.0. The number of hydrogen-bond donors (Lipinski definition) is 13. The molecule has 13 N–H and O–H groups in total. The van der Waals surface area contributed by atoms with Crippen molar-refractivity contribution >= 4 is 5.91 Å². The molecule has 4 rings (SSSR count). The summed E-state index contributed by atoms with van der Waals surface area (Å²) in [5.41, 5.74) is 0. The van der Waals surface area contributed by atoms with Crippen LogP contribution in [0.15, 0.2) is 0 Å². The zero-order valence-corrected chi connectivity index (χ0v) is 26.0. The van der Waals surface area contributed by atoms with Crippen LogP contribution in [0, 0.1) is 0 Å². The third-order valence-electron chi connectivity index (χ3n) is 8.83. The molecule has 4 aliphatic rings. The highest BCUT2D eigenvalue weighted by atomic mass is 16.8. The van der Waals surface area contributed by atoms with E-state index >= 15 is 0 Å². The summed E-state index contributed by atoms with van der Waals surface area (Å²) in [5.74, 6) is -0.709. The number of amides is 1. The number of hydrogen-bond acceptors (Lipinski definition) is 20. The molecule has 0 bridgehead atoms. The number of aliphatic hydroxyl groups excluding tert-OH is 12. The van der Waals surface area contributed by atoms with Crippen molar-refractivity contribution in [1.29, 1.82) is 0 Å². The lowest BCUT2D eigenvalue weighted by molar-refractivity contribution is -0.401. The monoisotopic (exact) mass is 705 g/mol. The quantitative estimate of drug-likeness (QED) is 0.0949. The topological polar surface area (TPSA) is 336 Å². The average molecular weight is 706 g/mol. The van der Waals surface area contributed by atoms with Crippen molar-refractivity contribution in [3.05, 3.63) is 0 Å². The summed E-state index contributed by atoms with van der Waals surface area (Å²) in [6, 6.07) is -1.54. The predicted octanol–water partition coefficient (Wildman–Crippen LogP) is -8.19. The van der Waals surface area contributed by atoms with Crippen LogP contribution in [0.3, 0.4) is 0 Å². The number of carbonyl (C=O) groups excluding carboxylic acids is 1. The molecule has 0 spiro atoms. The minimum absolute atomic E-state index is 0.127. The normalized spacial score (nSPS) is 50.2. The number of aliphatic hydroxyl groups is 12. The Morgan fingerprint density at radius 1 is 0.542 bits per heavy atom. The van der Waals surface area contributed by atoms with Gasteiger partial charge in [0.2, 0.25) is 5.91 Å². The lowest BCUT2D eigenvalue weighted by atomic mass is 9.94. The summed E-state index contributed by atoms with van der Waals surface area (Å²) in [6.07, 6.45) is -32.8. The van der Waals surface area contributed by atoms with E-state index in [0.29, 0.717) is 0 Å². The fourth-order valence-corrected chi connectivity index (χ4v) is 6.10. The molecule has 0 aromatic heterocycles. The molecule has 4 aliphatic heterocycles. The van der Waals surface area contributed by atoms with Gasteiger partial charge in [-0.05, 0) is 6.42 Å². The lowest BCUT2D eigenvalue weighted by Crippen LogP contribution is -2.69. The van der Waals surface area contributed by atoms with E-state index in [2.05, 4.69) is 5.32 Å². The molecule has 0 radical (unpaired) electrons. The van der Waals surface area contributed by atoms with Crippen molar-refractivity contribution in [2.75, 3.05) is 19.8 Å². The molecule has 48 heavy (non-hydrogen) atoms. The first-order chi connectivity index (χ1) is 22.7. The average Bonchev–Trinajstić information content (AvgIpc) is 3.06. The summed E-state index contributed by atoms with van der Waals surface area (Å²) >= 11 is 0. The molecular formula is C27H47NO20. The molecule has 280 valence electrons. The minimum Gasteiger partial charge on any atom is -0.394 e. The van der Waals surface area contributed by atoms with Crippen LogP contribution >= 0.6 is 0 Å². The number of carbonyl (C=O) groups is 1. The van der Waals surface area contributed by atoms with Gasteiger partial charge in [-0.3, -0.25) is 4.79 Å². The van der Waals surface area contributed by atoms with E-state index < -0.39 is 148 Å². The molecule has 0 aliphatic carbocycles. The zero-order chi connectivity index (χ0) is 35.6. The highest BCUT2D eigenvalue weighted by Gasteiger charge is 2.56. The maximum Gasteiger partial charge on any atom is 0.217 e. The molecular weight excluding hydrogens is 658 g/mol. The van der Waals surface area contributed by atoms with E-state index in [1.165, 1.54) is 0 Å². The minimum atomic E-state index is -1.95. The molecule has 0 aromatic rings. The fourth-order valence-electron chi connectivity index (χ4n) is 6.10. The Bertz CT molecular complexity index is 1030. The van der Waals surface area contributed by atoms with Crippen LogP contribution in [0.1, 0.15) is 20.3 Å². The van der Waals surface area contributed by atoms with Crippen LogP contribution in [0.25, 0.3) is 0 Å². The van der Waals surface area contributed by atoms with Crippen LogP contribution in [-0.4, -0.2) is 210 Å². The van der Waals surface area contributed by atoms with Crippen molar-refractivity contribution in [2.45, 2.75) is 143 Å². The second-order valence-electron chi connectivity index (χ2n) is 12.1. The predicted molar refractivity (Wildman–Crippen MR) is 149 cm³/mol. The van der Waals surface area contributed by atoms with E-state index in [1.54, 1.807) is 6.92 Å². The first-order valence-corrected chi connectivity index (χ1v) is 15.5. The number of ether oxygens (including phenoxy) is 7. The van der Waals surface area contributed by atoms with Gasteiger partial charge >= 0.3 is 0 Å². The highest BCUT2D eigenvalue weighted by molar-refractivity contribution is 5.73. The molecule has 0 saturated carbocycles. The van der Waals surface area contributed by atoms with Crippen LogP contribution in [0.5, 0.6) is 0 Å². The molecule has 21 heteroatoms. The standard InChI is InChI=1S/C27H47NO20/c1-3-8-13(33)17(37)20(40)26(43-8)48-23-22(47-25-12(28-7(2)32)16(36)14(34)9(4-29)44-25)15(35)10(5-30)45-27(23)46-21-11(6-31)42-24(41)19(39)18(21)38/h8-27,29-31,33-41H,3-6H2,1-2H3,(H,28,32). The van der Waals surface area contributed by atoms with Gasteiger partial charge in [0.25, 0.3) is 0 Å². The summed E-state index contributed by atoms with van der Waals surface area (Å²) < 4.78 is 40.0. The van der Waals surface area contributed by atoms with Crippen LogP contribution < -0.4 is 5.32 Å². The first-order valence-electron chi connectivity index (χ1n) is 15.5. The maximum absolute atomic E-state index is 12.0. The zero-order valence-electron chi connectivity index (χ0n) is 26.0. The number of rotatable bonds is 11. The van der Waals surface area contributed by atoms with Gasteiger partial charge in [-0.15, -0.1) is 0 Å². The van der Waals surface area contributed by atoms with E-state index in [0.717, 1.165) is 6.92 Å². The van der Waals surface area contributed by atoms with Gasteiger partial charge in [-0.2, -0.15) is 0 Å². The van der Waals surface area contributed by atoms with Crippen molar-refractivity contribution in [1.82, 2.24) is 5.32 Å². The van der Waals surface area contributed by atoms with Crippen LogP contribution in [-0.2, 0) is 38.0 Å². The summed E-state index contributed by atoms with van der Waals surface area (Å²) in [5, 5.41) is 127. The molecule has 20 atom stereocenters. The van der Waals surface area contributed by atoms with Crippen LogP contribution in [0.4, 0.5) is 0 Å². The van der Waals surface area contributed by atoms with E-state index in [-0.39, 0.29) is 6.42 Å². The molecule has 4 fully saturated rings. The molecule has 20 unspecified atom stereocenters. The summed E-state index contributed by atoms with van der Waals surface area (Å²) in [7, 11) is 0. The molecule has 21 nitrogen and oxygen atoms in total.